The number of halogens is 1. The number of anilines is 1. The molecule has 0 unspecified atom stereocenters. The topological polar surface area (TPSA) is 81.9 Å². The number of hydrogen-bond donors (Lipinski definition) is 1. The summed E-state index contributed by atoms with van der Waals surface area (Å²) in [6, 6.07) is 15.4. The molecule has 0 fully saturated rings. The molecule has 4 heterocycles. The number of thiophene rings is 1. The molecule has 0 saturated heterocycles. The van der Waals surface area contributed by atoms with Crippen molar-refractivity contribution in [3.05, 3.63) is 101 Å². The average Bonchev–Trinajstić information content (AvgIpc) is 3.42. The van der Waals surface area contributed by atoms with Crippen LogP contribution in [0.4, 0.5) is 10.2 Å². The van der Waals surface area contributed by atoms with Crippen molar-refractivity contribution in [2.24, 2.45) is 0 Å². The molecule has 0 bridgehead atoms. The highest BCUT2D eigenvalue weighted by molar-refractivity contribution is 7.20. The zero-order chi connectivity index (χ0) is 23.5. The normalized spacial score (nSPS) is 11.0. The van der Waals surface area contributed by atoms with Crippen molar-refractivity contribution in [3.8, 4) is 5.75 Å². The Bertz CT molecular complexity index is 1450. The third kappa shape index (κ3) is 4.65. The molecule has 5 aromatic rings. The van der Waals surface area contributed by atoms with Crippen LogP contribution in [0.5, 0.6) is 5.75 Å². The van der Waals surface area contributed by atoms with E-state index in [4.69, 9.17) is 4.74 Å². The maximum absolute atomic E-state index is 13.2. The summed E-state index contributed by atoms with van der Waals surface area (Å²) in [4.78, 5) is 22.7. The van der Waals surface area contributed by atoms with Crippen molar-refractivity contribution in [3.63, 3.8) is 0 Å². The van der Waals surface area contributed by atoms with E-state index in [9.17, 15) is 9.18 Å². The van der Waals surface area contributed by atoms with Crippen LogP contribution >= 0.6 is 11.3 Å². The van der Waals surface area contributed by atoms with Gasteiger partial charge in [-0.25, -0.2) is 9.37 Å². The highest BCUT2D eigenvalue weighted by atomic mass is 32.1. The summed E-state index contributed by atoms with van der Waals surface area (Å²) >= 11 is 1.35. The van der Waals surface area contributed by atoms with Gasteiger partial charge >= 0.3 is 0 Å². The van der Waals surface area contributed by atoms with Crippen LogP contribution in [0, 0.1) is 12.7 Å². The second-order valence-electron chi connectivity index (χ2n) is 7.65. The van der Waals surface area contributed by atoms with E-state index < -0.39 is 0 Å². The van der Waals surface area contributed by atoms with E-state index in [0.717, 1.165) is 27.0 Å². The Morgan fingerprint density at radius 2 is 1.88 bits per heavy atom. The number of ether oxygens (including phenoxy) is 1. The Kier molecular flexibility index (Phi) is 6.01. The zero-order valence-corrected chi connectivity index (χ0v) is 19.1. The first kappa shape index (κ1) is 21.7. The lowest BCUT2D eigenvalue weighted by atomic mass is 10.2. The third-order valence-electron chi connectivity index (χ3n) is 5.22. The van der Waals surface area contributed by atoms with Crippen LogP contribution in [0.2, 0.25) is 0 Å². The zero-order valence-electron chi connectivity index (χ0n) is 18.2. The van der Waals surface area contributed by atoms with E-state index in [0.29, 0.717) is 29.6 Å². The number of fused-ring (bicyclic) bond motifs is 1. The van der Waals surface area contributed by atoms with E-state index in [2.05, 4.69) is 20.4 Å². The predicted molar refractivity (Wildman–Crippen MR) is 129 cm³/mol. The number of aryl methyl sites for hydroxylation is 1. The van der Waals surface area contributed by atoms with Crippen molar-refractivity contribution in [2.75, 3.05) is 5.32 Å². The summed E-state index contributed by atoms with van der Waals surface area (Å²) in [5, 5.41) is 8.35. The Hall–Kier alpha value is -4.11. The number of carbonyl (C=O) groups is 1. The molecule has 0 aliphatic rings. The van der Waals surface area contributed by atoms with Gasteiger partial charge in [-0.05, 0) is 60.5 Å². The monoisotopic (exact) mass is 473 g/mol. The third-order valence-corrected chi connectivity index (χ3v) is 6.37. The van der Waals surface area contributed by atoms with Gasteiger partial charge in [-0.2, -0.15) is 5.10 Å². The van der Waals surface area contributed by atoms with E-state index in [1.54, 1.807) is 42.9 Å². The highest BCUT2D eigenvalue weighted by Crippen LogP contribution is 2.30. The number of carbonyl (C=O) groups excluding carboxylic acids is 1. The molecule has 0 atom stereocenters. The van der Waals surface area contributed by atoms with E-state index >= 15 is 0 Å². The fourth-order valence-electron chi connectivity index (χ4n) is 3.50. The van der Waals surface area contributed by atoms with Crippen molar-refractivity contribution in [1.82, 2.24) is 19.7 Å². The molecule has 9 heteroatoms. The lowest BCUT2D eigenvalue weighted by Gasteiger charge is -2.11. The summed E-state index contributed by atoms with van der Waals surface area (Å²) in [5.41, 5.74) is 2.71. The molecule has 0 radical (unpaired) electrons. The van der Waals surface area contributed by atoms with Crippen LogP contribution in [-0.2, 0) is 13.2 Å². The minimum absolute atomic E-state index is 0.276. The molecule has 7 nitrogen and oxygen atoms in total. The number of rotatable bonds is 7. The van der Waals surface area contributed by atoms with Gasteiger partial charge in [0.2, 0.25) is 0 Å². The SMILES string of the molecule is Cc1nn(Cc2ccc(F)cc2)c2sc(C(=O)Nc3ncccc3OCc3ccncc3)cc12. The second kappa shape index (κ2) is 9.40. The highest BCUT2D eigenvalue weighted by Gasteiger charge is 2.18. The maximum Gasteiger partial charge on any atom is 0.267 e. The minimum Gasteiger partial charge on any atom is -0.485 e. The smallest absolute Gasteiger partial charge is 0.267 e. The summed E-state index contributed by atoms with van der Waals surface area (Å²) in [7, 11) is 0. The van der Waals surface area contributed by atoms with E-state index in [1.807, 2.05) is 29.8 Å². The molecule has 0 saturated carbocycles. The molecule has 34 heavy (non-hydrogen) atoms. The Balaban J connectivity index is 1.35. The largest absolute Gasteiger partial charge is 0.485 e. The van der Waals surface area contributed by atoms with Crippen molar-refractivity contribution >= 4 is 33.3 Å². The first-order valence-electron chi connectivity index (χ1n) is 10.6. The van der Waals surface area contributed by atoms with Gasteiger partial charge in [0.05, 0.1) is 17.1 Å². The Morgan fingerprint density at radius 3 is 2.68 bits per heavy atom. The summed E-state index contributed by atoms with van der Waals surface area (Å²) in [5.74, 6) is 0.275. The number of nitrogens with one attached hydrogen (secondary N) is 1. The molecule has 1 amide bonds. The number of hydrogen-bond acceptors (Lipinski definition) is 6. The molecule has 4 aromatic heterocycles. The molecule has 0 aliphatic heterocycles. The quantitative estimate of drug-likeness (QED) is 0.351. The van der Waals surface area contributed by atoms with Gasteiger partial charge in [0.15, 0.2) is 11.6 Å². The first-order chi connectivity index (χ1) is 16.6. The molecular weight excluding hydrogens is 453 g/mol. The van der Waals surface area contributed by atoms with Crippen molar-refractivity contribution < 1.29 is 13.9 Å². The number of aromatic nitrogens is 4. The van der Waals surface area contributed by atoms with Gasteiger partial charge in [0.25, 0.3) is 5.91 Å². The van der Waals surface area contributed by atoms with Crippen LogP contribution in [-0.4, -0.2) is 25.7 Å². The Morgan fingerprint density at radius 1 is 1.09 bits per heavy atom. The number of nitrogens with zero attached hydrogens (tertiary/aromatic N) is 4. The van der Waals surface area contributed by atoms with Crippen molar-refractivity contribution in [2.45, 2.75) is 20.1 Å². The fraction of sp³-hybridized carbons (Fsp3) is 0.120. The van der Waals surface area contributed by atoms with Gasteiger partial charge < -0.3 is 10.1 Å². The summed E-state index contributed by atoms with van der Waals surface area (Å²) < 4.78 is 20.9. The van der Waals surface area contributed by atoms with Crippen LogP contribution < -0.4 is 10.1 Å². The van der Waals surface area contributed by atoms with Crippen molar-refractivity contribution in [1.29, 1.82) is 0 Å². The fourth-order valence-corrected chi connectivity index (χ4v) is 4.56. The van der Waals surface area contributed by atoms with Crippen LogP contribution in [0.15, 0.2) is 73.2 Å². The lowest BCUT2D eigenvalue weighted by Crippen LogP contribution is -2.12. The van der Waals surface area contributed by atoms with Crippen LogP contribution in [0.25, 0.3) is 10.2 Å². The molecule has 5 rings (SSSR count). The maximum atomic E-state index is 13.2. The summed E-state index contributed by atoms with van der Waals surface area (Å²) in [6.45, 7) is 2.72. The van der Waals surface area contributed by atoms with Gasteiger partial charge in [0.1, 0.15) is 17.3 Å². The van der Waals surface area contributed by atoms with Gasteiger partial charge in [-0.3, -0.25) is 14.5 Å². The second-order valence-corrected chi connectivity index (χ2v) is 8.68. The summed E-state index contributed by atoms with van der Waals surface area (Å²) in [6.07, 6.45) is 5.00. The average molecular weight is 474 g/mol. The minimum atomic E-state index is -0.278. The molecular formula is C25H20FN5O2S. The van der Waals surface area contributed by atoms with Gasteiger partial charge in [-0.15, -0.1) is 11.3 Å². The number of pyridine rings is 2. The standard InChI is InChI=1S/C25H20FN5O2S/c1-16-20-13-22(34-25(20)31(30-16)14-17-4-6-19(26)7-5-17)24(32)29-23-21(3-2-10-28-23)33-15-18-8-11-27-12-9-18/h2-13H,14-15H2,1H3,(H,28,29,32). The molecule has 0 spiro atoms. The lowest BCUT2D eigenvalue weighted by molar-refractivity contribution is 0.102. The predicted octanol–water partition coefficient (Wildman–Crippen LogP) is 5.21. The van der Waals surface area contributed by atoms with E-state index in [1.165, 1.54) is 23.5 Å². The van der Waals surface area contributed by atoms with Crippen LogP contribution in [0.1, 0.15) is 26.5 Å². The molecule has 170 valence electrons. The van der Waals surface area contributed by atoms with E-state index in [-0.39, 0.29) is 11.7 Å². The van der Waals surface area contributed by atoms with Gasteiger partial charge in [-0.1, -0.05) is 12.1 Å². The molecule has 0 aliphatic carbocycles. The number of benzene rings is 1. The van der Waals surface area contributed by atoms with Crippen LogP contribution in [0.3, 0.4) is 0 Å². The Labute approximate surface area is 198 Å². The number of amides is 1. The molecule has 1 N–H and O–H groups in total. The van der Waals surface area contributed by atoms with Gasteiger partial charge in [0, 0.05) is 24.0 Å². The first-order valence-corrected chi connectivity index (χ1v) is 11.4. The molecule has 1 aromatic carbocycles.